The lowest BCUT2D eigenvalue weighted by atomic mass is 9.87. The molecule has 0 aromatic heterocycles. The van der Waals surface area contributed by atoms with Gasteiger partial charge in [-0.2, -0.15) is 0 Å². The maximum absolute atomic E-state index is 13.6. The van der Waals surface area contributed by atoms with Crippen LogP contribution in [0, 0.1) is 29.2 Å². The average Bonchev–Trinajstić information content (AvgIpc) is 2.45. The molecule has 1 saturated carbocycles. The molecule has 0 aliphatic heterocycles. The summed E-state index contributed by atoms with van der Waals surface area (Å²) in [5, 5.41) is 8.85. The van der Waals surface area contributed by atoms with Gasteiger partial charge in [-0.25, -0.2) is 30.7 Å². The van der Waals surface area contributed by atoms with Crippen molar-refractivity contribution in [3.05, 3.63) is 29.3 Å². The average molecular weight is 355 g/mol. The zero-order valence-electron chi connectivity index (χ0n) is 11.7. The molecule has 1 aromatic carbocycles. The predicted octanol–water partition coefficient (Wildman–Crippen LogP) is 2.16. The molecule has 1 aliphatic rings. The number of carboxylic acids is 1. The third-order valence-corrected chi connectivity index (χ3v) is 5.28. The maximum atomic E-state index is 13.6. The number of halogens is 4. The van der Waals surface area contributed by atoms with E-state index in [1.807, 2.05) is 4.72 Å². The summed E-state index contributed by atoms with van der Waals surface area (Å²) in [6.07, 6.45) is 0.643. The number of benzene rings is 1. The lowest BCUT2D eigenvalue weighted by molar-refractivity contribution is -0.142. The third-order valence-electron chi connectivity index (χ3n) is 3.74. The van der Waals surface area contributed by atoms with Crippen molar-refractivity contribution < 1.29 is 35.9 Å². The summed E-state index contributed by atoms with van der Waals surface area (Å²) >= 11 is 0. The molecule has 0 bridgehead atoms. The van der Waals surface area contributed by atoms with Gasteiger partial charge in [-0.3, -0.25) is 4.79 Å². The van der Waals surface area contributed by atoms with Crippen LogP contribution in [0.4, 0.5) is 17.6 Å². The Morgan fingerprint density at radius 3 is 1.96 bits per heavy atom. The lowest BCUT2D eigenvalue weighted by Crippen LogP contribution is -2.39. The number of sulfonamides is 1. The Labute approximate surface area is 129 Å². The molecule has 0 unspecified atom stereocenters. The largest absolute Gasteiger partial charge is 0.481 e. The van der Waals surface area contributed by atoms with Crippen LogP contribution >= 0.6 is 0 Å². The van der Waals surface area contributed by atoms with Gasteiger partial charge in [0.1, 0.15) is 0 Å². The van der Waals surface area contributed by atoms with Gasteiger partial charge >= 0.3 is 5.97 Å². The van der Waals surface area contributed by atoms with Crippen LogP contribution in [0.3, 0.4) is 0 Å². The van der Waals surface area contributed by atoms with Gasteiger partial charge < -0.3 is 5.11 Å². The van der Waals surface area contributed by atoms with Gasteiger partial charge in [0.2, 0.25) is 10.0 Å². The molecular formula is C13H13F4NO4S. The van der Waals surface area contributed by atoms with E-state index in [-0.39, 0.29) is 31.7 Å². The first kappa shape index (κ1) is 17.7. The van der Waals surface area contributed by atoms with Gasteiger partial charge in [0.05, 0.1) is 5.92 Å². The fraction of sp³-hybridized carbons (Fsp3) is 0.462. The molecule has 0 radical (unpaired) electrons. The lowest BCUT2D eigenvalue weighted by Gasteiger charge is -2.26. The van der Waals surface area contributed by atoms with Crippen LogP contribution in [0.1, 0.15) is 25.7 Å². The Hall–Kier alpha value is -1.68. The molecular weight excluding hydrogens is 342 g/mol. The predicted molar refractivity (Wildman–Crippen MR) is 70.0 cm³/mol. The quantitative estimate of drug-likeness (QED) is 0.640. The highest BCUT2D eigenvalue weighted by atomic mass is 32.2. The molecule has 0 heterocycles. The van der Waals surface area contributed by atoms with E-state index in [2.05, 4.69) is 0 Å². The first-order valence-electron chi connectivity index (χ1n) is 6.71. The second-order valence-electron chi connectivity index (χ2n) is 5.31. The van der Waals surface area contributed by atoms with Gasteiger partial charge in [-0.05, 0) is 25.7 Å². The highest BCUT2D eigenvalue weighted by molar-refractivity contribution is 7.89. The van der Waals surface area contributed by atoms with Crippen molar-refractivity contribution in [2.45, 2.75) is 36.6 Å². The van der Waals surface area contributed by atoms with Crippen molar-refractivity contribution in [3.63, 3.8) is 0 Å². The molecule has 1 fully saturated rings. The Kier molecular flexibility index (Phi) is 4.95. The highest BCUT2D eigenvalue weighted by Gasteiger charge is 2.33. The minimum absolute atomic E-state index is 0.0816. The summed E-state index contributed by atoms with van der Waals surface area (Å²) in [6, 6.07) is -0.845. The normalized spacial score (nSPS) is 22.1. The van der Waals surface area contributed by atoms with E-state index in [1.165, 1.54) is 0 Å². The van der Waals surface area contributed by atoms with Crippen molar-refractivity contribution in [3.8, 4) is 0 Å². The minimum atomic E-state index is -4.83. The first-order chi connectivity index (χ1) is 10.6. The van der Waals surface area contributed by atoms with Gasteiger partial charge in [-0.1, -0.05) is 0 Å². The maximum Gasteiger partial charge on any atom is 0.306 e. The molecule has 23 heavy (non-hydrogen) atoms. The standard InChI is InChI=1S/C13H13F4NO4S/c14-8-5-9(15)11(17)12(10(8)16)23(21,22)18-7-3-1-6(2-4-7)13(19)20/h5-7,18H,1-4H2,(H,19,20). The number of aliphatic carboxylic acids is 1. The fourth-order valence-corrected chi connectivity index (χ4v) is 3.98. The molecule has 0 spiro atoms. The SMILES string of the molecule is O=C(O)C1CCC(NS(=O)(=O)c2c(F)c(F)cc(F)c2F)CC1. The summed E-state index contributed by atoms with van der Waals surface area (Å²) in [5.41, 5.74) is 0. The highest BCUT2D eigenvalue weighted by Crippen LogP contribution is 2.28. The third kappa shape index (κ3) is 3.63. The Balaban J connectivity index is 2.23. The van der Waals surface area contributed by atoms with Gasteiger partial charge in [0.15, 0.2) is 28.2 Å². The van der Waals surface area contributed by atoms with E-state index in [0.29, 0.717) is 0 Å². The van der Waals surface area contributed by atoms with Crippen LogP contribution in [0.2, 0.25) is 0 Å². The molecule has 1 aliphatic carbocycles. The van der Waals surface area contributed by atoms with Crippen molar-refractivity contribution in [1.82, 2.24) is 4.72 Å². The summed E-state index contributed by atoms with van der Waals surface area (Å²) in [4.78, 5) is 9.10. The number of hydrogen-bond donors (Lipinski definition) is 2. The molecule has 0 amide bonds. The van der Waals surface area contributed by atoms with Crippen molar-refractivity contribution in [1.29, 1.82) is 0 Å². The molecule has 0 saturated heterocycles. The van der Waals surface area contributed by atoms with E-state index >= 15 is 0 Å². The number of carboxylic acid groups (broad SMARTS) is 1. The van der Waals surface area contributed by atoms with E-state index in [0.717, 1.165) is 0 Å². The zero-order valence-corrected chi connectivity index (χ0v) is 12.5. The van der Waals surface area contributed by atoms with Crippen molar-refractivity contribution >= 4 is 16.0 Å². The van der Waals surface area contributed by atoms with Gasteiger partial charge in [0.25, 0.3) is 0 Å². The summed E-state index contributed by atoms with van der Waals surface area (Å²) < 4.78 is 79.4. The number of nitrogens with one attached hydrogen (secondary N) is 1. The second-order valence-corrected chi connectivity index (χ2v) is 6.96. The molecule has 2 N–H and O–H groups in total. The summed E-state index contributed by atoms with van der Waals surface area (Å²) in [7, 11) is -4.83. The fourth-order valence-electron chi connectivity index (χ4n) is 2.52. The zero-order chi connectivity index (χ0) is 17.4. The smallest absolute Gasteiger partial charge is 0.306 e. The van der Waals surface area contributed by atoms with Crippen LogP contribution in [0.5, 0.6) is 0 Å². The van der Waals surface area contributed by atoms with Crippen LogP contribution in [0.15, 0.2) is 11.0 Å². The second kappa shape index (κ2) is 6.44. The molecule has 5 nitrogen and oxygen atoms in total. The molecule has 10 heteroatoms. The van der Waals surface area contributed by atoms with E-state index in [9.17, 15) is 30.8 Å². The van der Waals surface area contributed by atoms with Gasteiger partial charge in [0, 0.05) is 12.1 Å². The number of carbonyl (C=O) groups is 1. The Morgan fingerprint density at radius 1 is 1.04 bits per heavy atom. The van der Waals surface area contributed by atoms with Crippen molar-refractivity contribution in [2.75, 3.05) is 0 Å². The summed E-state index contributed by atoms with van der Waals surface area (Å²) in [6.45, 7) is 0. The Bertz CT molecular complexity index is 704. The van der Waals surface area contributed by atoms with Crippen LogP contribution in [0.25, 0.3) is 0 Å². The molecule has 1 aromatic rings. The van der Waals surface area contributed by atoms with Crippen LogP contribution in [-0.2, 0) is 14.8 Å². The first-order valence-corrected chi connectivity index (χ1v) is 8.20. The monoisotopic (exact) mass is 355 g/mol. The molecule has 0 atom stereocenters. The van der Waals surface area contributed by atoms with E-state index in [4.69, 9.17) is 5.11 Å². The van der Waals surface area contributed by atoms with Crippen molar-refractivity contribution in [2.24, 2.45) is 5.92 Å². The summed E-state index contributed by atoms with van der Waals surface area (Å²) in [5.74, 6) is -9.27. The number of hydrogen-bond acceptors (Lipinski definition) is 3. The van der Waals surface area contributed by atoms with E-state index in [1.54, 1.807) is 0 Å². The van der Waals surface area contributed by atoms with Crippen LogP contribution in [-0.4, -0.2) is 25.5 Å². The molecule has 2 rings (SSSR count). The molecule has 128 valence electrons. The van der Waals surface area contributed by atoms with Crippen LogP contribution < -0.4 is 4.72 Å². The van der Waals surface area contributed by atoms with E-state index < -0.39 is 56.1 Å². The minimum Gasteiger partial charge on any atom is -0.481 e. The number of rotatable bonds is 4. The van der Waals surface area contributed by atoms with Gasteiger partial charge in [-0.15, -0.1) is 0 Å². The Morgan fingerprint density at radius 2 is 1.52 bits per heavy atom. The topological polar surface area (TPSA) is 83.5 Å².